The Morgan fingerprint density at radius 1 is 0.969 bits per heavy atom. The van der Waals surface area contributed by atoms with E-state index in [1.54, 1.807) is 25.3 Å². The molecule has 0 fully saturated rings. The summed E-state index contributed by atoms with van der Waals surface area (Å²) in [6, 6.07) is 20.6. The quantitative estimate of drug-likeness (QED) is 0.349. The summed E-state index contributed by atoms with van der Waals surface area (Å²) < 4.78 is 45.4. The van der Waals surface area contributed by atoms with Crippen LogP contribution in [0, 0.1) is 0 Å². The number of aromatic nitrogens is 1. The molecular weight excluding hydrogens is 433 g/mol. The van der Waals surface area contributed by atoms with Gasteiger partial charge in [0.2, 0.25) is 0 Å². The van der Waals surface area contributed by atoms with Gasteiger partial charge >= 0.3 is 6.18 Å². The van der Waals surface area contributed by atoms with Crippen molar-refractivity contribution in [3.05, 3.63) is 101 Å². The third kappa shape index (κ3) is 4.78. The lowest BCUT2D eigenvalue weighted by Gasteiger charge is -2.17. The molecule has 0 aliphatic carbocycles. The first kappa shape index (κ1) is 21.9. The summed E-state index contributed by atoms with van der Waals surface area (Å²) in [5.41, 5.74) is 8.84. The monoisotopic (exact) mass is 454 g/mol. The number of thiazole rings is 1. The summed E-state index contributed by atoms with van der Waals surface area (Å²) in [6.45, 7) is 0. The highest BCUT2D eigenvalue weighted by Gasteiger charge is 2.33. The molecule has 0 saturated carbocycles. The number of hydrogen-bond acceptors (Lipinski definition) is 4. The first-order valence-corrected chi connectivity index (χ1v) is 10.8. The fourth-order valence-electron chi connectivity index (χ4n) is 3.73. The van der Waals surface area contributed by atoms with Gasteiger partial charge in [-0.25, -0.2) is 4.98 Å². The number of methoxy groups -OCH3 is 1. The molecule has 0 spiro atoms. The summed E-state index contributed by atoms with van der Waals surface area (Å²) in [4.78, 5) is 4.47. The maximum atomic E-state index is 13.4. The number of hydrogen-bond donors (Lipinski definition) is 1. The highest BCUT2D eigenvalue weighted by atomic mass is 32.1. The minimum atomic E-state index is -4.40. The Morgan fingerprint density at radius 3 is 2.25 bits per heavy atom. The number of alkyl halides is 3. The Balaban J connectivity index is 1.64. The highest BCUT2D eigenvalue weighted by molar-refractivity contribution is 7.13. The normalized spacial score (nSPS) is 12.5. The molecule has 3 nitrogen and oxygen atoms in total. The number of nitrogens with zero attached hydrogens (tertiary/aromatic N) is 1. The van der Waals surface area contributed by atoms with E-state index in [0.717, 1.165) is 28.6 Å². The molecule has 0 radical (unpaired) electrons. The van der Waals surface area contributed by atoms with Gasteiger partial charge in [0.1, 0.15) is 5.75 Å². The van der Waals surface area contributed by atoms with E-state index in [4.69, 9.17) is 10.5 Å². The van der Waals surface area contributed by atoms with Gasteiger partial charge < -0.3 is 10.5 Å². The van der Waals surface area contributed by atoms with Gasteiger partial charge in [0.25, 0.3) is 0 Å². The number of anilines is 1. The van der Waals surface area contributed by atoms with Gasteiger partial charge in [-0.05, 0) is 46.9 Å². The Morgan fingerprint density at radius 2 is 1.66 bits per heavy atom. The molecular formula is C25H21F3N2OS. The molecule has 32 heavy (non-hydrogen) atoms. The molecule has 0 saturated heterocycles. The number of ether oxygens (including phenoxy) is 1. The molecule has 1 heterocycles. The molecule has 3 aromatic carbocycles. The third-order valence-corrected chi connectivity index (χ3v) is 6.04. The summed E-state index contributed by atoms with van der Waals surface area (Å²) in [7, 11) is 1.62. The van der Waals surface area contributed by atoms with Gasteiger partial charge in [-0.1, -0.05) is 54.6 Å². The second kappa shape index (κ2) is 9.04. The van der Waals surface area contributed by atoms with Crippen molar-refractivity contribution in [3.63, 3.8) is 0 Å². The van der Waals surface area contributed by atoms with Crippen LogP contribution in [0.1, 0.15) is 28.3 Å². The van der Waals surface area contributed by atoms with E-state index in [1.165, 1.54) is 23.5 Å². The molecule has 164 valence electrons. The summed E-state index contributed by atoms with van der Waals surface area (Å²) >= 11 is 1.38. The van der Waals surface area contributed by atoms with Crippen molar-refractivity contribution in [3.8, 4) is 16.9 Å². The zero-order chi connectivity index (χ0) is 22.7. The average molecular weight is 455 g/mol. The SMILES string of the molecule is COc1ccc([C@H](Cc2ccc(-c3ccccc3C(F)(F)F)cc2)c2csc(N)n2)cc1. The van der Waals surface area contributed by atoms with Gasteiger partial charge in [-0.15, -0.1) is 11.3 Å². The summed E-state index contributed by atoms with van der Waals surface area (Å²) in [6.07, 6.45) is -3.77. The maximum absolute atomic E-state index is 13.4. The Kier molecular flexibility index (Phi) is 6.19. The Labute approximate surface area is 188 Å². The first-order chi connectivity index (χ1) is 15.3. The van der Waals surface area contributed by atoms with Crippen LogP contribution in [0.5, 0.6) is 5.75 Å². The van der Waals surface area contributed by atoms with E-state index >= 15 is 0 Å². The van der Waals surface area contributed by atoms with Gasteiger partial charge in [0, 0.05) is 11.3 Å². The molecule has 4 aromatic rings. The van der Waals surface area contributed by atoms with Crippen LogP contribution in [0.3, 0.4) is 0 Å². The van der Waals surface area contributed by atoms with Crippen molar-refractivity contribution in [1.29, 1.82) is 0 Å². The zero-order valence-electron chi connectivity index (χ0n) is 17.3. The Hall–Kier alpha value is -3.32. The van der Waals surface area contributed by atoms with Gasteiger partial charge in [0.05, 0.1) is 18.4 Å². The van der Waals surface area contributed by atoms with Gasteiger partial charge in [-0.2, -0.15) is 13.2 Å². The minimum Gasteiger partial charge on any atom is -0.497 e. The summed E-state index contributed by atoms with van der Waals surface area (Å²) in [5.74, 6) is 0.723. The lowest BCUT2D eigenvalue weighted by Crippen LogP contribution is -2.07. The molecule has 0 amide bonds. The number of rotatable bonds is 6. The van der Waals surface area contributed by atoms with Crippen LogP contribution in [0.4, 0.5) is 18.3 Å². The van der Waals surface area contributed by atoms with E-state index < -0.39 is 11.7 Å². The van der Waals surface area contributed by atoms with Gasteiger partial charge in [-0.3, -0.25) is 0 Å². The molecule has 0 bridgehead atoms. The predicted octanol–water partition coefficient (Wildman–Crippen LogP) is 6.79. The lowest BCUT2D eigenvalue weighted by atomic mass is 9.89. The second-order valence-corrected chi connectivity index (χ2v) is 8.27. The predicted molar refractivity (Wildman–Crippen MR) is 122 cm³/mol. The largest absolute Gasteiger partial charge is 0.497 e. The van der Waals surface area contributed by atoms with Crippen LogP contribution in [0.2, 0.25) is 0 Å². The van der Waals surface area contributed by atoms with Crippen molar-refractivity contribution >= 4 is 16.5 Å². The summed E-state index contributed by atoms with van der Waals surface area (Å²) in [5, 5.41) is 2.44. The number of benzene rings is 3. The highest BCUT2D eigenvalue weighted by Crippen LogP contribution is 2.37. The van der Waals surface area contributed by atoms with Crippen LogP contribution < -0.4 is 10.5 Å². The molecule has 4 rings (SSSR count). The number of nitrogen functional groups attached to an aromatic ring is 1. The lowest BCUT2D eigenvalue weighted by molar-refractivity contribution is -0.137. The van der Waals surface area contributed by atoms with E-state index in [9.17, 15) is 13.2 Å². The van der Waals surface area contributed by atoms with Crippen LogP contribution in [-0.4, -0.2) is 12.1 Å². The number of nitrogens with two attached hydrogens (primary N) is 1. The fourth-order valence-corrected chi connectivity index (χ4v) is 4.34. The smallest absolute Gasteiger partial charge is 0.417 e. The minimum absolute atomic E-state index is 0.0391. The molecule has 0 aliphatic rings. The second-order valence-electron chi connectivity index (χ2n) is 7.38. The maximum Gasteiger partial charge on any atom is 0.417 e. The van der Waals surface area contributed by atoms with E-state index in [0.29, 0.717) is 17.1 Å². The third-order valence-electron chi connectivity index (χ3n) is 5.35. The van der Waals surface area contributed by atoms with E-state index in [1.807, 2.05) is 41.8 Å². The van der Waals surface area contributed by atoms with Crippen molar-refractivity contribution < 1.29 is 17.9 Å². The van der Waals surface area contributed by atoms with Crippen molar-refractivity contribution in [2.45, 2.75) is 18.5 Å². The van der Waals surface area contributed by atoms with Crippen LogP contribution in [0.25, 0.3) is 11.1 Å². The van der Waals surface area contributed by atoms with Crippen molar-refractivity contribution in [2.75, 3.05) is 12.8 Å². The van der Waals surface area contributed by atoms with E-state index in [2.05, 4.69) is 4.98 Å². The zero-order valence-corrected chi connectivity index (χ0v) is 18.1. The molecule has 0 unspecified atom stereocenters. The standard InChI is InChI=1S/C25H21F3N2OS/c1-31-19-12-10-18(11-13-19)21(23-15-32-24(29)30-23)14-16-6-8-17(9-7-16)20-4-2-3-5-22(20)25(26,27)28/h2-13,15,21H,14H2,1H3,(H2,29,30)/t21-/m0/s1. The Bertz CT molecular complexity index is 1190. The van der Waals surface area contributed by atoms with E-state index in [-0.39, 0.29) is 11.5 Å². The van der Waals surface area contributed by atoms with Crippen molar-refractivity contribution in [1.82, 2.24) is 4.98 Å². The molecule has 1 atom stereocenters. The first-order valence-electron chi connectivity index (χ1n) is 9.95. The average Bonchev–Trinajstić information content (AvgIpc) is 3.23. The topological polar surface area (TPSA) is 48.1 Å². The molecule has 7 heteroatoms. The van der Waals surface area contributed by atoms with Gasteiger partial charge in [0.15, 0.2) is 5.13 Å². The molecule has 1 aromatic heterocycles. The van der Waals surface area contributed by atoms with Crippen molar-refractivity contribution in [2.24, 2.45) is 0 Å². The van der Waals surface area contributed by atoms with Crippen LogP contribution in [0.15, 0.2) is 78.2 Å². The van der Waals surface area contributed by atoms with Crippen LogP contribution in [-0.2, 0) is 12.6 Å². The number of halogens is 3. The van der Waals surface area contributed by atoms with Crippen LogP contribution >= 0.6 is 11.3 Å². The molecule has 2 N–H and O–H groups in total. The fraction of sp³-hybridized carbons (Fsp3) is 0.160. The molecule has 0 aliphatic heterocycles.